The van der Waals surface area contributed by atoms with Crippen molar-refractivity contribution in [2.45, 2.75) is 32.7 Å². The molecular weight excluding hydrogens is 363 g/mol. The van der Waals surface area contributed by atoms with E-state index in [0.29, 0.717) is 43.0 Å². The lowest BCUT2D eigenvalue weighted by Gasteiger charge is -2.22. The number of rotatable bonds is 5. The van der Waals surface area contributed by atoms with Crippen LogP contribution in [0.15, 0.2) is 33.9 Å². The summed E-state index contributed by atoms with van der Waals surface area (Å²) in [6.07, 6.45) is 1.31. The minimum atomic E-state index is -0.542. The number of nitrogens with one attached hydrogen (secondary N) is 2. The number of H-pyrrole nitrogens is 2. The maximum atomic E-state index is 13.9. The van der Waals surface area contributed by atoms with Gasteiger partial charge < -0.3 is 9.88 Å². The first kappa shape index (κ1) is 20.0. The summed E-state index contributed by atoms with van der Waals surface area (Å²) in [6.45, 7) is 4.89. The summed E-state index contributed by atoms with van der Waals surface area (Å²) in [5.41, 5.74) is 0.605. The highest BCUT2D eigenvalue weighted by molar-refractivity contribution is 5.76. The summed E-state index contributed by atoms with van der Waals surface area (Å²) in [5, 5.41) is 0. The van der Waals surface area contributed by atoms with Crippen LogP contribution in [0.1, 0.15) is 29.7 Å². The zero-order chi connectivity index (χ0) is 20.1. The average Bonchev–Trinajstić information content (AvgIpc) is 2.88. The molecule has 150 valence electrons. The molecule has 0 radical (unpaired) electrons. The van der Waals surface area contributed by atoms with Crippen LogP contribution in [0.4, 0.5) is 4.39 Å². The van der Waals surface area contributed by atoms with Gasteiger partial charge in [-0.15, -0.1) is 0 Å². The maximum absolute atomic E-state index is 13.9. The van der Waals surface area contributed by atoms with E-state index in [0.717, 1.165) is 13.0 Å². The largest absolute Gasteiger partial charge is 0.341 e. The Balaban J connectivity index is 1.55. The lowest BCUT2D eigenvalue weighted by Crippen LogP contribution is -2.36. The summed E-state index contributed by atoms with van der Waals surface area (Å²) in [6, 6.07) is 6.75. The number of hydrogen-bond acceptors (Lipinski definition) is 4. The Bertz CT molecular complexity index is 953. The highest BCUT2D eigenvalue weighted by atomic mass is 19.1. The van der Waals surface area contributed by atoms with Crippen molar-refractivity contribution in [3.05, 3.63) is 67.7 Å². The van der Waals surface area contributed by atoms with E-state index in [2.05, 4.69) is 14.9 Å². The van der Waals surface area contributed by atoms with E-state index in [1.54, 1.807) is 24.0 Å². The lowest BCUT2D eigenvalue weighted by atomic mass is 10.1. The van der Waals surface area contributed by atoms with Gasteiger partial charge in [-0.3, -0.25) is 19.5 Å². The van der Waals surface area contributed by atoms with Crippen LogP contribution in [0.5, 0.6) is 0 Å². The summed E-state index contributed by atoms with van der Waals surface area (Å²) in [4.78, 5) is 44.5. The lowest BCUT2D eigenvalue weighted by molar-refractivity contribution is -0.131. The molecular formula is C20H25FN4O3. The van der Waals surface area contributed by atoms with Gasteiger partial charge in [0, 0.05) is 56.0 Å². The number of aromatic amines is 2. The predicted octanol–water partition coefficient (Wildman–Crippen LogP) is 1.18. The Kier molecular flexibility index (Phi) is 6.41. The number of nitrogens with zero attached hydrogens (tertiary/aromatic N) is 2. The van der Waals surface area contributed by atoms with E-state index >= 15 is 0 Å². The molecule has 1 aliphatic heterocycles. The first-order chi connectivity index (χ1) is 13.4. The number of aromatic nitrogens is 2. The van der Waals surface area contributed by atoms with Crippen molar-refractivity contribution < 1.29 is 9.18 Å². The van der Waals surface area contributed by atoms with E-state index < -0.39 is 11.2 Å². The van der Waals surface area contributed by atoms with Crippen LogP contribution in [0, 0.1) is 12.7 Å². The molecule has 1 fully saturated rings. The highest BCUT2D eigenvalue weighted by Gasteiger charge is 2.20. The Morgan fingerprint density at radius 3 is 2.64 bits per heavy atom. The van der Waals surface area contributed by atoms with Crippen molar-refractivity contribution in [1.82, 2.24) is 19.8 Å². The van der Waals surface area contributed by atoms with Gasteiger partial charge in [0.25, 0.3) is 5.56 Å². The van der Waals surface area contributed by atoms with Gasteiger partial charge in [-0.2, -0.15) is 0 Å². The number of aryl methyl sites for hydroxylation is 1. The third kappa shape index (κ3) is 4.95. The van der Waals surface area contributed by atoms with E-state index in [4.69, 9.17) is 0 Å². The van der Waals surface area contributed by atoms with Crippen LogP contribution in [0.25, 0.3) is 0 Å². The Hall–Kier alpha value is -2.74. The van der Waals surface area contributed by atoms with E-state index in [9.17, 15) is 18.8 Å². The van der Waals surface area contributed by atoms with Crippen LogP contribution >= 0.6 is 0 Å². The minimum Gasteiger partial charge on any atom is -0.341 e. The molecule has 8 heteroatoms. The van der Waals surface area contributed by atoms with Crippen molar-refractivity contribution in [3.63, 3.8) is 0 Å². The molecule has 0 unspecified atom stereocenters. The summed E-state index contributed by atoms with van der Waals surface area (Å²) < 4.78 is 13.9. The summed E-state index contributed by atoms with van der Waals surface area (Å²) in [5.74, 6) is -0.223. The molecule has 0 aliphatic carbocycles. The van der Waals surface area contributed by atoms with Gasteiger partial charge >= 0.3 is 5.69 Å². The normalized spacial score (nSPS) is 15.4. The van der Waals surface area contributed by atoms with Crippen LogP contribution in [-0.2, 0) is 17.8 Å². The number of hydrogen-bond donors (Lipinski definition) is 2. The van der Waals surface area contributed by atoms with Gasteiger partial charge in [0.2, 0.25) is 5.91 Å². The molecule has 0 atom stereocenters. The first-order valence-electron chi connectivity index (χ1n) is 9.49. The molecule has 1 saturated heterocycles. The molecule has 1 aliphatic rings. The van der Waals surface area contributed by atoms with E-state index in [1.807, 2.05) is 6.07 Å². The molecule has 0 saturated carbocycles. The van der Waals surface area contributed by atoms with Crippen LogP contribution < -0.4 is 11.2 Å². The molecule has 7 nitrogen and oxygen atoms in total. The van der Waals surface area contributed by atoms with Crippen molar-refractivity contribution in [3.8, 4) is 0 Å². The van der Waals surface area contributed by atoms with Gasteiger partial charge in [0.1, 0.15) is 5.82 Å². The molecule has 0 bridgehead atoms. The fraction of sp³-hybridized carbons (Fsp3) is 0.450. The van der Waals surface area contributed by atoms with Crippen LogP contribution in [0.2, 0.25) is 0 Å². The fourth-order valence-electron chi connectivity index (χ4n) is 3.56. The number of halogens is 1. The second-order valence-corrected chi connectivity index (χ2v) is 7.11. The summed E-state index contributed by atoms with van der Waals surface area (Å²) >= 11 is 0. The maximum Gasteiger partial charge on any atom is 0.325 e. The molecule has 1 aromatic heterocycles. The van der Waals surface area contributed by atoms with Gasteiger partial charge in [-0.05, 0) is 25.8 Å². The standard InChI is InChI=1S/C20H25FN4O3/c1-14-16(19(27)23-20(28)22-14)7-8-18(26)25-10-4-9-24(11-12-25)13-15-5-2-3-6-17(15)21/h2-3,5-6H,4,7-13H2,1H3,(H2,22,23,27,28). The Morgan fingerprint density at radius 1 is 1.11 bits per heavy atom. The molecule has 2 N–H and O–H groups in total. The monoisotopic (exact) mass is 388 g/mol. The molecule has 1 amide bonds. The molecule has 2 heterocycles. The second-order valence-electron chi connectivity index (χ2n) is 7.11. The van der Waals surface area contributed by atoms with Crippen LogP contribution in [0.3, 0.4) is 0 Å². The topological polar surface area (TPSA) is 89.3 Å². The average molecular weight is 388 g/mol. The molecule has 0 spiro atoms. The van der Waals surface area contributed by atoms with Crippen molar-refractivity contribution in [2.24, 2.45) is 0 Å². The van der Waals surface area contributed by atoms with Crippen LogP contribution in [-0.4, -0.2) is 51.9 Å². The molecule has 1 aromatic carbocycles. The van der Waals surface area contributed by atoms with Gasteiger partial charge in [-0.25, -0.2) is 9.18 Å². The highest BCUT2D eigenvalue weighted by Crippen LogP contribution is 2.13. The quantitative estimate of drug-likeness (QED) is 0.805. The third-order valence-electron chi connectivity index (χ3n) is 5.14. The predicted molar refractivity (Wildman–Crippen MR) is 104 cm³/mol. The van der Waals surface area contributed by atoms with Gasteiger partial charge in [-0.1, -0.05) is 18.2 Å². The van der Waals surface area contributed by atoms with Gasteiger partial charge in [0.15, 0.2) is 0 Å². The number of carbonyl (C=O) groups excluding carboxylic acids is 1. The molecule has 3 rings (SSSR count). The van der Waals surface area contributed by atoms with Gasteiger partial charge in [0.05, 0.1) is 0 Å². The first-order valence-corrected chi connectivity index (χ1v) is 9.49. The number of amides is 1. The van der Waals surface area contributed by atoms with E-state index in [1.165, 1.54) is 6.07 Å². The number of benzene rings is 1. The molecule has 28 heavy (non-hydrogen) atoms. The SMILES string of the molecule is Cc1[nH]c(=O)[nH]c(=O)c1CCC(=O)N1CCCN(Cc2ccccc2F)CC1. The zero-order valence-corrected chi connectivity index (χ0v) is 16.0. The Labute approximate surface area is 162 Å². The third-order valence-corrected chi connectivity index (χ3v) is 5.14. The van der Waals surface area contributed by atoms with Crippen molar-refractivity contribution >= 4 is 5.91 Å². The summed E-state index contributed by atoms with van der Waals surface area (Å²) in [7, 11) is 0. The minimum absolute atomic E-state index is 0.0160. The van der Waals surface area contributed by atoms with Crippen molar-refractivity contribution in [2.75, 3.05) is 26.2 Å². The Morgan fingerprint density at radius 2 is 1.89 bits per heavy atom. The second kappa shape index (κ2) is 8.97. The number of carbonyl (C=O) groups is 1. The van der Waals surface area contributed by atoms with Crippen molar-refractivity contribution in [1.29, 1.82) is 0 Å². The smallest absolute Gasteiger partial charge is 0.325 e. The fourth-order valence-corrected chi connectivity index (χ4v) is 3.56. The van der Waals surface area contributed by atoms with E-state index in [-0.39, 0.29) is 24.6 Å². The molecule has 2 aromatic rings. The zero-order valence-electron chi connectivity index (χ0n) is 16.0.